The fourth-order valence-corrected chi connectivity index (χ4v) is 1.66. The highest BCUT2D eigenvalue weighted by atomic mass is 16.5. The summed E-state index contributed by atoms with van der Waals surface area (Å²) in [6.07, 6.45) is 0.793. The Balaban J connectivity index is 2.22. The largest absolute Gasteiger partial charge is 0.478 e. The topological polar surface area (TPSA) is 89.6 Å². The van der Waals surface area contributed by atoms with Crippen molar-refractivity contribution in [1.29, 1.82) is 0 Å². The lowest BCUT2D eigenvalue weighted by Gasteiger charge is -2.15. The third-order valence-electron chi connectivity index (χ3n) is 2.70. The molecule has 1 unspecified atom stereocenters. The first-order valence-electron chi connectivity index (χ1n) is 5.38. The van der Waals surface area contributed by atoms with Crippen molar-refractivity contribution >= 4 is 11.9 Å². The number of amides is 1. The van der Waals surface area contributed by atoms with Crippen LogP contribution >= 0.6 is 0 Å². The van der Waals surface area contributed by atoms with Gasteiger partial charge in [-0.1, -0.05) is 12.1 Å². The molecule has 3 N–H and O–H groups in total. The van der Waals surface area contributed by atoms with Gasteiger partial charge < -0.3 is 15.6 Å². The van der Waals surface area contributed by atoms with Gasteiger partial charge in [0.15, 0.2) is 6.10 Å². The van der Waals surface area contributed by atoms with E-state index in [4.69, 9.17) is 15.6 Å². The van der Waals surface area contributed by atoms with Gasteiger partial charge in [-0.15, -0.1) is 0 Å². The molecule has 5 nitrogen and oxygen atoms in total. The van der Waals surface area contributed by atoms with E-state index in [2.05, 4.69) is 0 Å². The van der Waals surface area contributed by atoms with E-state index in [0.29, 0.717) is 0 Å². The van der Waals surface area contributed by atoms with E-state index in [0.717, 1.165) is 12.8 Å². The van der Waals surface area contributed by atoms with E-state index in [1.54, 1.807) is 18.2 Å². The summed E-state index contributed by atoms with van der Waals surface area (Å²) in [4.78, 5) is 22.2. The highest BCUT2D eigenvalue weighted by Gasteiger charge is 2.38. The summed E-state index contributed by atoms with van der Waals surface area (Å²) in [6.45, 7) is 0. The van der Waals surface area contributed by atoms with Crippen LogP contribution in [-0.2, 0) is 4.79 Å². The second-order valence-corrected chi connectivity index (χ2v) is 4.07. The van der Waals surface area contributed by atoms with E-state index in [9.17, 15) is 9.59 Å². The Hall–Kier alpha value is -2.04. The summed E-state index contributed by atoms with van der Waals surface area (Å²) in [5.41, 5.74) is 5.40. The van der Waals surface area contributed by atoms with E-state index >= 15 is 0 Å². The maximum absolute atomic E-state index is 11.2. The van der Waals surface area contributed by atoms with Gasteiger partial charge in [0.1, 0.15) is 5.75 Å². The van der Waals surface area contributed by atoms with Crippen LogP contribution in [0.1, 0.15) is 23.2 Å². The lowest BCUT2D eigenvalue weighted by molar-refractivity contribution is -0.146. The van der Waals surface area contributed by atoms with Crippen molar-refractivity contribution in [2.75, 3.05) is 0 Å². The molecule has 1 aromatic carbocycles. The Morgan fingerprint density at radius 1 is 1.35 bits per heavy atom. The first-order chi connectivity index (χ1) is 8.09. The minimum absolute atomic E-state index is 0.0356. The molecule has 90 valence electrons. The quantitative estimate of drug-likeness (QED) is 0.797. The van der Waals surface area contributed by atoms with Crippen molar-refractivity contribution < 1.29 is 19.4 Å². The Morgan fingerprint density at radius 3 is 2.53 bits per heavy atom. The number of carboxylic acids is 1. The van der Waals surface area contributed by atoms with Gasteiger partial charge in [0.25, 0.3) is 5.91 Å². The molecule has 0 radical (unpaired) electrons. The van der Waals surface area contributed by atoms with E-state index in [-0.39, 0.29) is 17.2 Å². The monoisotopic (exact) mass is 235 g/mol. The number of hydrogen-bond acceptors (Lipinski definition) is 3. The van der Waals surface area contributed by atoms with Gasteiger partial charge in [-0.2, -0.15) is 0 Å². The van der Waals surface area contributed by atoms with Crippen molar-refractivity contribution in [2.45, 2.75) is 18.9 Å². The normalized spacial score (nSPS) is 16.2. The van der Waals surface area contributed by atoms with Crippen LogP contribution in [0.5, 0.6) is 5.75 Å². The van der Waals surface area contributed by atoms with Crippen molar-refractivity contribution in [3.05, 3.63) is 29.8 Å². The van der Waals surface area contributed by atoms with Crippen LogP contribution in [0.3, 0.4) is 0 Å². The molecule has 5 heteroatoms. The molecule has 0 aliphatic heterocycles. The number of rotatable bonds is 5. The molecule has 0 saturated heterocycles. The van der Waals surface area contributed by atoms with Crippen LogP contribution in [0, 0.1) is 5.92 Å². The zero-order chi connectivity index (χ0) is 12.4. The van der Waals surface area contributed by atoms with Crippen LogP contribution in [-0.4, -0.2) is 23.1 Å². The van der Waals surface area contributed by atoms with Crippen molar-refractivity contribution in [3.63, 3.8) is 0 Å². The average molecular weight is 235 g/mol. The molecule has 1 aromatic rings. The van der Waals surface area contributed by atoms with Gasteiger partial charge >= 0.3 is 5.97 Å². The fraction of sp³-hybridized carbons (Fsp3) is 0.333. The number of carbonyl (C=O) groups excluding carboxylic acids is 1. The second kappa shape index (κ2) is 4.45. The molecule has 1 fully saturated rings. The number of ether oxygens (including phenoxy) is 1. The Morgan fingerprint density at radius 2 is 2.00 bits per heavy atom. The SMILES string of the molecule is NC(=O)c1ccccc1OC(C(=O)O)C1CC1. The lowest BCUT2D eigenvalue weighted by atomic mass is 10.1. The van der Waals surface area contributed by atoms with E-state index < -0.39 is 18.0 Å². The zero-order valence-corrected chi connectivity index (χ0v) is 9.13. The number of para-hydroxylation sites is 1. The summed E-state index contributed by atoms with van der Waals surface area (Å²) in [5, 5.41) is 9.03. The van der Waals surface area contributed by atoms with Gasteiger partial charge in [-0.05, 0) is 25.0 Å². The van der Waals surface area contributed by atoms with Crippen molar-refractivity contribution in [3.8, 4) is 5.75 Å². The summed E-state index contributed by atoms with van der Waals surface area (Å²) in [6, 6.07) is 6.40. The molecule has 0 bridgehead atoms. The molecule has 0 spiro atoms. The molecule has 1 amide bonds. The van der Waals surface area contributed by atoms with Crippen molar-refractivity contribution in [1.82, 2.24) is 0 Å². The molecule has 2 rings (SSSR count). The number of carbonyl (C=O) groups is 2. The predicted octanol–water partition coefficient (Wildman–Crippen LogP) is 1.03. The molecule has 1 saturated carbocycles. The van der Waals surface area contributed by atoms with Crippen LogP contribution in [0.15, 0.2) is 24.3 Å². The third-order valence-corrected chi connectivity index (χ3v) is 2.70. The van der Waals surface area contributed by atoms with E-state index in [1.165, 1.54) is 6.07 Å². The Labute approximate surface area is 98.2 Å². The molecular formula is C12H13NO4. The first kappa shape index (κ1) is 11.4. The summed E-state index contributed by atoms with van der Waals surface area (Å²) in [7, 11) is 0. The number of carboxylic acid groups (broad SMARTS) is 1. The maximum Gasteiger partial charge on any atom is 0.345 e. The predicted molar refractivity (Wildman–Crippen MR) is 59.7 cm³/mol. The molecule has 0 aromatic heterocycles. The number of benzene rings is 1. The van der Waals surface area contributed by atoms with Crippen molar-refractivity contribution in [2.24, 2.45) is 11.7 Å². The molecule has 1 aliphatic carbocycles. The fourth-order valence-electron chi connectivity index (χ4n) is 1.66. The van der Waals surface area contributed by atoms with Crippen LogP contribution in [0.25, 0.3) is 0 Å². The summed E-state index contributed by atoms with van der Waals surface area (Å²) >= 11 is 0. The number of hydrogen-bond donors (Lipinski definition) is 2. The Kier molecular flexibility index (Phi) is 2.99. The van der Waals surface area contributed by atoms with E-state index in [1.807, 2.05) is 0 Å². The standard InChI is InChI=1S/C12H13NO4/c13-11(14)8-3-1-2-4-9(8)17-10(12(15)16)7-5-6-7/h1-4,7,10H,5-6H2,(H2,13,14)(H,15,16). The maximum atomic E-state index is 11.2. The highest BCUT2D eigenvalue weighted by molar-refractivity contribution is 5.95. The molecule has 0 heterocycles. The number of primary amides is 1. The molecule has 17 heavy (non-hydrogen) atoms. The summed E-state index contributed by atoms with van der Waals surface area (Å²) < 4.78 is 5.39. The zero-order valence-electron chi connectivity index (χ0n) is 9.13. The molecule has 1 atom stereocenters. The van der Waals surface area contributed by atoms with Crippen LogP contribution in [0.4, 0.5) is 0 Å². The van der Waals surface area contributed by atoms with Gasteiger partial charge in [-0.25, -0.2) is 4.79 Å². The number of nitrogens with two attached hydrogens (primary N) is 1. The smallest absolute Gasteiger partial charge is 0.345 e. The van der Waals surface area contributed by atoms with Gasteiger partial charge in [0.05, 0.1) is 5.56 Å². The lowest BCUT2D eigenvalue weighted by Crippen LogP contribution is -2.30. The first-order valence-corrected chi connectivity index (χ1v) is 5.38. The van der Waals surface area contributed by atoms with Crippen LogP contribution in [0.2, 0.25) is 0 Å². The summed E-state index contributed by atoms with van der Waals surface area (Å²) in [5.74, 6) is -1.36. The molecular weight excluding hydrogens is 222 g/mol. The average Bonchev–Trinajstić information content (AvgIpc) is 3.09. The van der Waals surface area contributed by atoms with Gasteiger partial charge in [-0.3, -0.25) is 4.79 Å². The number of aliphatic carboxylic acids is 1. The third kappa shape index (κ3) is 2.55. The second-order valence-electron chi connectivity index (χ2n) is 4.07. The Bertz CT molecular complexity index is 454. The minimum Gasteiger partial charge on any atom is -0.478 e. The molecule has 1 aliphatic rings. The minimum atomic E-state index is -1.01. The van der Waals surface area contributed by atoms with Gasteiger partial charge in [0, 0.05) is 5.92 Å². The van der Waals surface area contributed by atoms with Crippen LogP contribution < -0.4 is 10.5 Å². The highest BCUT2D eigenvalue weighted by Crippen LogP contribution is 2.35. The van der Waals surface area contributed by atoms with Gasteiger partial charge in [0.2, 0.25) is 0 Å².